The summed E-state index contributed by atoms with van der Waals surface area (Å²) in [6, 6.07) is 0. The van der Waals surface area contributed by atoms with Gasteiger partial charge in [-0.25, -0.2) is 8.78 Å². The molecule has 0 aliphatic carbocycles. The number of halogens is 18. The molecule has 0 rings (SSSR count). The fourth-order valence-electron chi connectivity index (χ4n) is 1.32. The third-order valence-electron chi connectivity index (χ3n) is 3.00. The van der Waals surface area contributed by atoms with Crippen LogP contribution in [0.5, 0.6) is 0 Å². The summed E-state index contributed by atoms with van der Waals surface area (Å²) in [5.74, 6) is -21.7. The first-order valence-corrected chi connectivity index (χ1v) is 7.83. The lowest BCUT2D eigenvalue weighted by atomic mass is 10.1. The second-order valence-electron chi connectivity index (χ2n) is 5.11. The molecule has 0 spiro atoms. The molecule has 0 amide bonds. The van der Waals surface area contributed by atoms with Crippen molar-refractivity contribution in [3.63, 3.8) is 0 Å². The third-order valence-corrected chi connectivity index (χ3v) is 5.48. The standard InChI is InChI=1S/C9H3F18O2P/c10-2(11)4(14,15)5(16,17)3(12,13)1-29-30(28,8(24,25)6(18,19)20)9(26,27)7(21,22)23/h2H,1H2. The molecule has 0 N–H and O–H groups in total. The van der Waals surface area contributed by atoms with E-state index in [2.05, 4.69) is 0 Å². The van der Waals surface area contributed by atoms with Crippen molar-refractivity contribution in [3.8, 4) is 0 Å². The Balaban J connectivity index is 6.51. The summed E-state index contributed by atoms with van der Waals surface area (Å²) in [5.41, 5.74) is -15.7. The Morgan fingerprint density at radius 2 is 0.933 bits per heavy atom. The topological polar surface area (TPSA) is 26.3 Å². The van der Waals surface area contributed by atoms with E-state index in [0.29, 0.717) is 0 Å². The summed E-state index contributed by atoms with van der Waals surface area (Å²) in [4.78, 5) is 0. The molecule has 0 saturated carbocycles. The summed E-state index contributed by atoms with van der Waals surface area (Å²) in [5, 5.41) is 0. The predicted molar refractivity (Wildman–Crippen MR) is 56.4 cm³/mol. The summed E-state index contributed by atoms with van der Waals surface area (Å²) >= 11 is 0. The normalized spacial score (nSPS) is 16.4. The Morgan fingerprint density at radius 3 is 1.17 bits per heavy atom. The van der Waals surface area contributed by atoms with Crippen LogP contribution in [0.4, 0.5) is 79.0 Å². The Morgan fingerprint density at radius 1 is 0.633 bits per heavy atom. The first-order valence-electron chi connectivity index (χ1n) is 6.20. The predicted octanol–water partition coefficient (Wildman–Crippen LogP) is 6.76. The molecule has 0 heterocycles. The van der Waals surface area contributed by atoms with E-state index >= 15 is 0 Å². The summed E-state index contributed by atoms with van der Waals surface area (Å²) in [7, 11) is -9.27. The van der Waals surface area contributed by atoms with Gasteiger partial charge in [-0.2, -0.15) is 70.2 Å². The molecule has 0 atom stereocenters. The molecule has 0 aliphatic heterocycles. The third kappa shape index (κ3) is 4.17. The first-order chi connectivity index (χ1) is 12.7. The van der Waals surface area contributed by atoms with Gasteiger partial charge in [0.05, 0.1) is 0 Å². The maximum atomic E-state index is 13.1. The maximum Gasteiger partial charge on any atom is 0.463 e. The highest BCUT2D eigenvalue weighted by atomic mass is 31.2. The fourth-order valence-corrected chi connectivity index (χ4v) is 3.00. The number of alkyl halides is 18. The van der Waals surface area contributed by atoms with Crippen LogP contribution in [0.15, 0.2) is 0 Å². The summed E-state index contributed by atoms with van der Waals surface area (Å²) in [6.07, 6.45) is -21.0. The second kappa shape index (κ2) is 7.51. The molecule has 2 nitrogen and oxygen atoms in total. The Hall–Kier alpha value is -1.07. The van der Waals surface area contributed by atoms with Crippen LogP contribution in [0.2, 0.25) is 0 Å². The zero-order valence-corrected chi connectivity index (χ0v) is 13.7. The fraction of sp³-hybridized carbons (Fsp3) is 1.00. The molecule has 0 radical (unpaired) electrons. The molecular formula is C9H3F18O2P. The molecule has 0 fully saturated rings. The lowest BCUT2D eigenvalue weighted by molar-refractivity contribution is -0.343. The Labute approximate surface area is 151 Å². The van der Waals surface area contributed by atoms with Gasteiger partial charge < -0.3 is 4.52 Å². The van der Waals surface area contributed by atoms with Crippen molar-refractivity contribution in [1.29, 1.82) is 0 Å². The zero-order valence-electron chi connectivity index (χ0n) is 12.9. The van der Waals surface area contributed by atoms with Crippen molar-refractivity contribution >= 4 is 7.37 Å². The van der Waals surface area contributed by atoms with Gasteiger partial charge in [-0.3, -0.25) is 4.57 Å². The number of rotatable bonds is 8. The molecule has 0 unspecified atom stereocenters. The zero-order chi connectivity index (χ0) is 25.0. The minimum Gasteiger partial charge on any atom is -0.313 e. The van der Waals surface area contributed by atoms with Crippen LogP contribution in [0.1, 0.15) is 0 Å². The molecule has 30 heavy (non-hydrogen) atoms. The summed E-state index contributed by atoms with van der Waals surface area (Å²) < 4.78 is 239. The lowest BCUT2D eigenvalue weighted by Crippen LogP contribution is -2.59. The van der Waals surface area contributed by atoms with Gasteiger partial charge in [0, 0.05) is 0 Å². The van der Waals surface area contributed by atoms with Gasteiger partial charge in [0.25, 0.3) is 0 Å². The van der Waals surface area contributed by atoms with Crippen LogP contribution in [0.3, 0.4) is 0 Å². The quantitative estimate of drug-likeness (QED) is 0.263. The van der Waals surface area contributed by atoms with Crippen molar-refractivity contribution in [1.82, 2.24) is 0 Å². The van der Waals surface area contributed by atoms with Crippen LogP contribution in [-0.4, -0.2) is 54.5 Å². The average Bonchev–Trinajstić information content (AvgIpc) is 2.49. The molecule has 0 aliphatic rings. The van der Waals surface area contributed by atoms with Crippen molar-refractivity contribution < 1.29 is 88.1 Å². The minimum absolute atomic E-state index is 2.05. The first kappa shape index (κ1) is 28.9. The number of hydrogen-bond acceptors (Lipinski definition) is 2. The van der Waals surface area contributed by atoms with Crippen molar-refractivity contribution in [2.24, 2.45) is 0 Å². The van der Waals surface area contributed by atoms with Crippen LogP contribution < -0.4 is 0 Å². The molecule has 0 aromatic carbocycles. The SMILES string of the molecule is O=P(OCC(F)(F)C(F)(F)C(F)(F)C(F)F)(C(F)(F)C(F)(F)F)C(F)(F)C(F)(F)F. The van der Waals surface area contributed by atoms with Gasteiger partial charge in [0.2, 0.25) is 0 Å². The van der Waals surface area contributed by atoms with E-state index in [9.17, 15) is 83.6 Å². The van der Waals surface area contributed by atoms with E-state index in [1.807, 2.05) is 4.52 Å². The molecular weight excluding hydrogens is 513 g/mol. The second-order valence-corrected chi connectivity index (χ2v) is 7.59. The van der Waals surface area contributed by atoms with Gasteiger partial charge in [-0.15, -0.1) is 0 Å². The van der Waals surface area contributed by atoms with E-state index in [0.717, 1.165) is 0 Å². The van der Waals surface area contributed by atoms with E-state index in [1.54, 1.807) is 0 Å². The number of hydrogen-bond donors (Lipinski definition) is 0. The molecule has 21 heteroatoms. The van der Waals surface area contributed by atoms with Crippen molar-refractivity contribution in [3.05, 3.63) is 0 Å². The largest absolute Gasteiger partial charge is 0.463 e. The van der Waals surface area contributed by atoms with Gasteiger partial charge >= 0.3 is 55.2 Å². The van der Waals surface area contributed by atoms with Crippen LogP contribution in [0, 0.1) is 0 Å². The lowest BCUT2D eigenvalue weighted by Gasteiger charge is -2.36. The van der Waals surface area contributed by atoms with Crippen LogP contribution >= 0.6 is 7.37 Å². The molecule has 0 bridgehead atoms. The van der Waals surface area contributed by atoms with Gasteiger partial charge in [0.15, 0.2) is 0 Å². The highest BCUT2D eigenvalue weighted by Gasteiger charge is 2.86. The summed E-state index contributed by atoms with van der Waals surface area (Å²) in [6.45, 7) is -4.36. The van der Waals surface area contributed by atoms with E-state index in [4.69, 9.17) is 0 Å². The minimum atomic E-state index is -9.27. The smallest absolute Gasteiger partial charge is 0.313 e. The average molecular weight is 516 g/mol. The van der Waals surface area contributed by atoms with E-state index in [-0.39, 0.29) is 0 Å². The van der Waals surface area contributed by atoms with Crippen molar-refractivity contribution in [2.75, 3.05) is 6.61 Å². The van der Waals surface area contributed by atoms with Gasteiger partial charge in [-0.1, -0.05) is 0 Å². The van der Waals surface area contributed by atoms with E-state index < -0.39 is 61.8 Å². The Kier molecular flexibility index (Phi) is 7.24. The molecule has 0 aromatic rings. The van der Waals surface area contributed by atoms with Gasteiger partial charge in [-0.05, 0) is 0 Å². The van der Waals surface area contributed by atoms with Gasteiger partial charge in [0.1, 0.15) is 6.61 Å². The monoisotopic (exact) mass is 516 g/mol. The molecule has 0 aromatic heterocycles. The van der Waals surface area contributed by atoms with Crippen LogP contribution in [0.25, 0.3) is 0 Å². The highest BCUT2D eigenvalue weighted by Crippen LogP contribution is 2.78. The van der Waals surface area contributed by atoms with Crippen LogP contribution in [-0.2, 0) is 9.09 Å². The highest BCUT2D eigenvalue weighted by molar-refractivity contribution is 7.61. The van der Waals surface area contributed by atoms with Crippen molar-refractivity contribution in [2.45, 2.75) is 47.9 Å². The maximum absolute atomic E-state index is 13.1. The Bertz CT molecular complexity index is 630. The molecule has 0 saturated heterocycles. The van der Waals surface area contributed by atoms with E-state index in [1.165, 1.54) is 0 Å². The molecule has 182 valence electrons.